The summed E-state index contributed by atoms with van der Waals surface area (Å²) in [5, 5.41) is 11.2. The molecule has 9 nitrogen and oxygen atoms in total. The third kappa shape index (κ3) is 2.59. The molecular weight excluding hydrogens is 402 g/mol. The summed E-state index contributed by atoms with van der Waals surface area (Å²) in [7, 11) is 1.24. The minimum absolute atomic E-state index is 0.119. The van der Waals surface area contributed by atoms with Crippen molar-refractivity contribution in [2.75, 3.05) is 12.0 Å². The zero-order valence-corrected chi connectivity index (χ0v) is 16.4. The first-order valence-corrected chi connectivity index (χ1v) is 9.68. The Kier molecular flexibility index (Phi) is 4.14. The molecule has 2 fully saturated rings. The lowest BCUT2D eigenvalue weighted by atomic mass is 9.84. The van der Waals surface area contributed by atoms with Crippen molar-refractivity contribution >= 4 is 35.2 Å². The van der Waals surface area contributed by atoms with Crippen LogP contribution in [0.3, 0.4) is 0 Å². The predicted molar refractivity (Wildman–Crippen MR) is 108 cm³/mol. The van der Waals surface area contributed by atoms with E-state index in [1.807, 2.05) is 30.3 Å². The van der Waals surface area contributed by atoms with E-state index in [0.29, 0.717) is 0 Å². The van der Waals surface area contributed by atoms with Gasteiger partial charge in [-0.05, 0) is 23.3 Å². The summed E-state index contributed by atoms with van der Waals surface area (Å²) in [5.74, 6) is -3.43. The molecule has 3 aliphatic heterocycles. The Bertz CT molecular complexity index is 1180. The second-order valence-electron chi connectivity index (χ2n) is 7.65. The van der Waals surface area contributed by atoms with Crippen molar-refractivity contribution in [3.8, 4) is 0 Å². The molecular formula is C22H17N3O6. The summed E-state index contributed by atoms with van der Waals surface area (Å²) in [5.41, 5.74) is 1.64. The van der Waals surface area contributed by atoms with E-state index in [-0.39, 0.29) is 11.4 Å². The number of esters is 1. The van der Waals surface area contributed by atoms with Gasteiger partial charge in [-0.3, -0.25) is 19.7 Å². The average molecular weight is 419 g/mol. The zero-order chi connectivity index (χ0) is 21.9. The molecule has 0 spiro atoms. The number of imide groups is 1. The first-order valence-electron chi connectivity index (χ1n) is 9.68. The molecule has 0 unspecified atom stereocenters. The maximum absolute atomic E-state index is 13.5. The highest BCUT2D eigenvalue weighted by Crippen LogP contribution is 2.53. The van der Waals surface area contributed by atoms with E-state index in [4.69, 9.17) is 4.74 Å². The molecule has 0 saturated carbocycles. The fourth-order valence-corrected chi connectivity index (χ4v) is 4.95. The summed E-state index contributed by atoms with van der Waals surface area (Å²) in [4.78, 5) is 53.0. The molecule has 0 aromatic heterocycles. The van der Waals surface area contributed by atoms with Crippen LogP contribution in [0.4, 0.5) is 11.4 Å². The standard InChI is InChI=1S/C22H17N3O6/c1-31-22(28)19-17-16(18-15-8-3-2-5-12(15)9-10-23(18)19)20(26)24(21(17)27)13-6-4-7-14(11-13)25(29)30/h2-11,16-19H,1H3/t16-,17-,18-,19+/m1/s1. The maximum atomic E-state index is 13.5. The summed E-state index contributed by atoms with van der Waals surface area (Å²) < 4.78 is 4.97. The van der Waals surface area contributed by atoms with Crippen LogP contribution in [0.2, 0.25) is 0 Å². The van der Waals surface area contributed by atoms with Crippen molar-refractivity contribution in [3.63, 3.8) is 0 Å². The second-order valence-corrected chi connectivity index (χ2v) is 7.65. The maximum Gasteiger partial charge on any atom is 0.329 e. The van der Waals surface area contributed by atoms with E-state index in [1.54, 1.807) is 11.1 Å². The van der Waals surface area contributed by atoms with Gasteiger partial charge in [-0.15, -0.1) is 0 Å². The first-order chi connectivity index (χ1) is 14.9. The van der Waals surface area contributed by atoms with Gasteiger partial charge in [0.15, 0.2) is 0 Å². The largest absolute Gasteiger partial charge is 0.467 e. The quantitative estimate of drug-likeness (QED) is 0.325. The molecule has 2 amide bonds. The molecule has 0 bridgehead atoms. The molecule has 5 rings (SSSR count). The summed E-state index contributed by atoms with van der Waals surface area (Å²) in [6.07, 6.45) is 3.57. The Morgan fingerprint density at radius 1 is 1.06 bits per heavy atom. The molecule has 0 radical (unpaired) electrons. The van der Waals surface area contributed by atoms with Gasteiger partial charge in [-0.2, -0.15) is 0 Å². The van der Waals surface area contributed by atoms with E-state index < -0.39 is 46.6 Å². The van der Waals surface area contributed by atoms with Gasteiger partial charge < -0.3 is 9.64 Å². The Morgan fingerprint density at radius 3 is 2.55 bits per heavy atom. The molecule has 4 atom stereocenters. The minimum atomic E-state index is -0.968. The SMILES string of the molecule is COC(=O)[C@@H]1[C@@H]2C(=O)N(c3cccc([N+](=O)[O-])c3)C(=O)[C@H]2[C@H]2c3ccccc3C=CN12. The van der Waals surface area contributed by atoms with Gasteiger partial charge in [0.2, 0.25) is 11.8 Å². The van der Waals surface area contributed by atoms with Crippen LogP contribution in [-0.4, -0.2) is 40.8 Å². The third-order valence-electron chi connectivity index (χ3n) is 6.20. The number of anilines is 1. The lowest BCUT2D eigenvalue weighted by Gasteiger charge is -2.34. The van der Waals surface area contributed by atoms with Crippen LogP contribution in [0.25, 0.3) is 6.08 Å². The van der Waals surface area contributed by atoms with Gasteiger partial charge in [0, 0.05) is 18.3 Å². The van der Waals surface area contributed by atoms with E-state index >= 15 is 0 Å². The molecule has 156 valence electrons. The number of amides is 2. The number of hydrogen-bond acceptors (Lipinski definition) is 7. The van der Waals surface area contributed by atoms with Gasteiger partial charge in [0.05, 0.1) is 35.6 Å². The van der Waals surface area contributed by atoms with Crippen molar-refractivity contribution in [2.24, 2.45) is 11.8 Å². The molecule has 3 heterocycles. The van der Waals surface area contributed by atoms with Crippen molar-refractivity contribution < 1.29 is 24.0 Å². The van der Waals surface area contributed by atoms with Crippen LogP contribution in [0, 0.1) is 22.0 Å². The lowest BCUT2D eigenvalue weighted by molar-refractivity contribution is -0.384. The van der Waals surface area contributed by atoms with Crippen LogP contribution in [0.5, 0.6) is 0 Å². The van der Waals surface area contributed by atoms with E-state index in [0.717, 1.165) is 16.0 Å². The molecule has 2 aromatic carbocycles. The first kappa shape index (κ1) is 19.0. The Labute approximate surface area is 176 Å². The van der Waals surface area contributed by atoms with Gasteiger partial charge in [-0.1, -0.05) is 30.3 Å². The normalized spacial score (nSPS) is 25.8. The van der Waals surface area contributed by atoms with Crippen LogP contribution in [0.15, 0.2) is 54.7 Å². The Hall–Kier alpha value is -4.01. The Balaban J connectivity index is 1.64. The number of benzene rings is 2. The predicted octanol–water partition coefficient (Wildman–Crippen LogP) is 2.28. The topological polar surface area (TPSA) is 110 Å². The number of nitro benzene ring substituents is 1. The van der Waals surface area contributed by atoms with Crippen molar-refractivity contribution in [1.29, 1.82) is 0 Å². The fraction of sp³-hybridized carbons (Fsp3) is 0.227. The molecule has 0 aliphatic carbocycles. The van der Waals surface area contributed by atoms with E-state index in [1.165, 1.54) is 31.4 Å². The second kappa shape index (κ2) is 6.76. The number of methoxy groups -OCH3 is 1. The fourth-order valence-electron chi connectivity index (χ4n) is 4.95. The highest BCUT2D eigenvalue weighted by atomic mass is 16.6. The van der Waals surface area contributed by atoms with Gasteiger partial charge in [-0.25, -0.2) is 9.69 Å². The zero-order valence-electron chi connectivity index (χ0n) is 16.4. The number of carbonyl (C=O) groups excluding carboxylic acids is 3. The summed E-state index contributed by atoms with van der Waals surface area (Å²) in [6.45, 7) is 0. The number of fused-ring (bicyclic) bond motifs is 5. The number of nitrogens with zero attached hydrogens (tertiary/aromatic N) is 3. The van der Waals surface area contributed by atoms with E-state index in [9.17, 15) is 24.5 Å². The molecule has 3 aliphatic rings. The molecule has 31 heavy (non-hydrogen) atoms. The van der Waals surface area contributed by atoms with Crippen LogP contribution in [0.1, 0.15) is 17.2 Å². The highest BCUT2D eigenvalue weighted by molar-refractivity contribution is 6.24. The van der Waals surface area contributed by atoms with Crippen molar-refractivity contribution in [3.05, 3.63) is 76.0 Å². The van der Waals surface area contributed by atoms with Crippen molar-refractivity contribution in [1.82, 2.24) is 4.90 Å². The number of carbonyl (C=O) groups is 3. The third-order valence-corrected chi connectivity index (χ3v) is 6.20. The molecule has 0 N–H and O–H groups in total. The van der Waals surface area contributed by atoms with Gasteiger partial charge in [0.1, 0.15) is 6.04 Å². The van der Waals surface area contributed by atoms with Crippen LogP contribution >= 0.6 is 0 Å². The number of ether oxygens (including phenoxy) is 1. The van der Waals surface area contributed by atoms with Gasteiger partial charge in [0.25, 0.3) is 5.69 Å². The highest BCUT2D eigenvalue weighted by Gasteiger charge is 2.65. The molecule has 9 heteroatoms. The number of non-ortho nitro benzene ring substituents is 1. The van der Waals surface area contributed by atoms with Crippen LogP contribution < -0.4 is 4.90 Å². The smallest absolute Gasteiger partial charge is 0.329 e. The van der Waals surface area contributed by atoms with Gasteiger partial charge >= 0.3 is 5.97 Å². The van der Waals surface area contributed by atoms with Crippen molar-refractivity contribution in [2.45, 2.75) is 12.1 Å². The number of nitro groups is 1. The van der Waals surface area contributed by atoms with Crippen LogP contribution in [-0.2, 0) is 19.1 Å². The summed E-state index contributed by atoms with van der Waals surface area (Å²) >= 11 is 0. The monoisotopic (exact) mass is 419 g/mol. The number of rotatable bonds is 3. The molecule has 2 saturated heterocycles. The number of hydrogen-bond donors (Lipinski definition) is 0. The minimum Gasteiger partial charge on any atom is -0.467 e. The lowest BCUT2D eigenvalue weighted by Crippen LogP contribution is -2.44. The Morgan fingerprint density at radius 2 is 1.81 bits per heavy atom. The molecule has 2 aromatic rings. The summed E-state index contributed by atoms with van der Waals surface area (Å²) in [6, 6.07) is 11.4. The van der Waals surface area contributed by atoms with E-state index in [2.05, 4.69) is 0 Å². The average Bonchev–Trinajstić information content (AvgIpc) is 3.26.